The number of ether oxygens (including phenoxy) is 1. The van der Waals surface area contributed by atoms with Crippen molar-refractivity contribution in [2.45, 2.75) is 18.1 Å². The Morgan fingerprint density at radius 1 is 1.06 bits per heavy atom. The van der Waals surface area contributed by atoms with Gasteiger partial charge in [-0.2, -0.15) is 0 Å². The van der Waals surface area contributed by atoms with E-state index in [0.717, 1.165) is 12.0 Å². The number of benzene rings is 2. The first-order valence-corrected chi connectivity index (χ1v) is 11.7. The van der Waals surface area contributed by atoms with E-state index in [9.17, 15) is 4.79 Å². The van der Waals surface area contributed by atoms with Crippen LogP contribution in [0.5, 0.6) is 5.75 Å². The van der Waals surface area contributed by atoms with Crippen LogP contribution in [0.4, 0.5) is 5.69 Å². The lowest BCUT2D eigenvalue weighted by Gasteiger charge is -2.12. The summed E-state index contributed by atoms with van der Waals surface area (Å²) in [6, 6.07) is 21.3. The molecule has 0 radical (unpaired) electrons. The first-order valence-electron chi connectivity index (χ1n) is 10.3. The molecular formula is C24H22ClN5O2S. The zero-order chi connectivity index (χ0) is 23.0. The van der Waals surface area contributed by atoms with Crippen molar-refractivity contribution in [3.63, 3.8) is 0 Å². The zero-order valence-corrected chi connectivity index (χ0v) is 19.5. The summed E-state index contributed by atoms with van der Waals surface area (Å²) in [7, 11) is 1.63. The lowest BCUT2D eigenvalue weighted by Crippen LogP contribution is -2.15. The number of hydrogen-bond donors (Lipinski definition) is 1. The smallest absolute Gasteiger partial charge is 0.234 e. The molecule has 0 aliphatic heterocycles. The third-order valence-electron chi connectivity index (χ3n) is 4.90. The van der Waals surface area contributed by atoms with Crippen molar-refractivity contribution in [3.8, 4) is 17.1 Å². The van der Waals surface area contributed by atoms with Gasteiger partial charge in [-0.25, -0.2) is 4.98 Å². The van der Waals surface area contributed by atoms with Gasteiger partial charge in [0.25, 0.3) is 0 Å². The normalized spacial score (nSPS) is 10.7. The number of rotatable bonds is 9. The Balaban J connectivity index is 1.55. The molecule has 0 atom stereocenters. The number of halogens is 1. The average molecular weight is 480 g/mol. The number of anilines is 1. The third-order valence-corrected chi connectivity index (χ3v) is 6.17. The van der Waals surface area contributed by atoms with Gasteiger partial charge in [-0.3, -0.25) is 4.79 Å². The van der Waals surface area contributed by atoms with Gasteiger partial charge in [0, 0.05) is 12.7 Å². The fraction of sp³-hybridized carbons (Fsp3) is 0.167. The quantitative estimate of drug-likeness (QED) is 0.269. The molecule has 33 heavy (non-hydrogen) atoms. The highest BCUT2D eigenvalue weighted by Gasteiger charge is 2.18. The SMILES string of the molecule is COc1ccccc1-c1nnc(SCC(=O)Nc2cccnc2Cl)n1CCc1ccccc1. The third kappa shape index (κ3) is 5.71. The van der Waals surface area contributed by atoms with E-state index < -0.39 is 0 Å². The number of aromatic nitrogens is 4. The van der Waals surface area contributed by atoms with Crippen molar-refractivity contribution in [2.75, 3.05) is 18.2 Å². The van der Waals surface area contributed by atoms with Crippen molar-refractivity contribution in [1.82, 2.24) is 19.7 Å². The second kappa shape index (κ2) is 11.0. The summed E-state index contributed by atoms with van der Waals surface area (Å²) in [6.07, 6.45) is 2.37. The molecule has 7 nitrogen and oxygen atoms in total. The Morgan fingerprint density at radius 2 is 1.85 bits per heavy atom. The highest BCUT2D eigenvalue weighted by molar-refractivity contribution is 7.99. The molecule has 9 heteroatoms. The monoisotopic (exact) mass is 479 g/mol. The van der Waals surface area contributed by atoms with Gasteiger partial charge in [0.2, 0.25) is 5.91 Å². The van der Waals surface area contributed by atoms with E-state index in [1.54, 1.807) is 25.4 Å². The van der Waals surface area contributed by atoms with E-state index in [-0.39, 0.29) is 16.8 Å². The van der Waals surface area contributed by atoms with Crippen LogP contribution in [0.2, 0.25) is 5.15 Å². The molecule has 0 fully saturated rings. The molecule has 2 aromatic carbocycles. The number of carbonyl (C=O) groups is 1. The van der Waals surface area contributed by atoms with Crippen molar-refractivity contribution in [1.29, 1.82) is 0 Å². The van der Waals surface area contributed by atoms with Crippen LogP contribution in [0, 0.1) is 0 Å². The maximum absolute atomic E-state index is 12.5. The predicted octanol–water partition coefficient (Wildman–Crippen LogP) is 4.98. The number of para-hydroxylation sites is 1. The fourth-order valence-corrected chi connectivity index (χ4v) is 4.24. The molecule has 0 aliphatic carbocycles. The fourth-order valence-electron chi connectivity index (χ4n) is 3.31. The minimum atomic E-state index is -0.202. The zero-order valence-electron chi connectivity index (χ0n) is 17.9. The van der Waals surface area contributed by atoms with Gasteiger partial charge in [-0.1, -0.05) is 65.8 Å². The summed E-state index contributed by atoms with van der Waals surface area (Å²) in [5.74, 6) is 1.36. The van der Waals surface area contributed by atoms with Crippen LogP contribution in [-0.2, 0) is 17.8 Å². The van der Waals surface area contributed by atoms with Gasteiger partial charge in [0.15, 0.2) is 16.1 Å². The van der Waals surface area contributed by atoms with Gasteiger partial charge in [0.1, 0.15) is 5.75 Å². The highest BCUT2D eigenvalue weighted by atomic mass is 35.5. The summed E-state index contributed by atoms with van der Waals surface area (Å²) in [4.78, 5) is 16.5. The lowest BCUT2D eigenvalue weighted by atomic mass is 10.1. The Labute approximate surface area is 201 Å². The van der Waals surface area contributed by atoms with Crippen LogP contribution in [0.3, 0.4) is 0 Å². The van der Waals surface area contributed by atoms with Gasteiger partial charge >= 0.3 is 0 Å². The topological polar surface area (TPSA) is 81.9 Å². The first kappa shape index (κ1) is 22.8. The van der Waals surface area contributed by atoms with Crippen molar-refractivity contribution < 1.29 is 9.53 Å². The first-order chi connectivity index (χ1) is 16.2. The number of thioether (sulfide) groups is 1. The number of methoxy groups -OCH3 is 1. The lowest BCUT2D eigenvalue weighted by molar-refractivity contribution is -0.113. The molecule has 1 amide bonds. The second-order valence-electron chi connectivity index (χ2n) is 7.07. The minimum Gasteiger partial charge on any atom is -0.496 e. The summed E-state index contributed by atoms with van der Waals surface area (Å²) >= 11 is 7.36. The van der Waals surface area contributed by atoms with Gasteiger partial charge in [-0.05, 0) is 36.2 Å². The number of carbonyl (C=O) groups excluding carboxylic acids is 1. The predicted molar refractivity (Wildman–Crippen MR) is 131 cm³/mol. The number of pyridine rings is 1. The maximum atomic E-state index is 12.5. The van der Waals surface area contributed by atoms with E-state index in [4.69, 9.17) is 16.3 Å². The minimum absolute atomic E-state index is 0.153. The van der Waals surface area contributed by atoms with Crippen LogP contribution >= 0.6 is 23.4 Å². The van der Waals surface area contributed by atoms with E-state index in [1.807, 2.05) is 47.0 Å². The van der Waals surface area contributed by atoms with Crippen LogP contribution < -0.4 is 10.1 Å². The summed E-state index contributed by atoms with van der Waals surface area (Å²) in [5.41, 5.74) is 2.53. The Morgan fingerprint density at radius 3 is 2.64 bits per heavy atom. The molecule has 0 saturated carbocycles. The molecule has 0 spiro atoms. The van der Waals surface area contributed by atoms with Gasteiger partial charge in [0.05, 0.1) is 24.1 Å². The molecule has 0 saturated heterocycles. The number of amides is 1. The van der Waals surface area contributed by atoms with E-state index in [1.165, 1.54) is 17.3 Å². The van der Waals surface area contributed by atoms with Gasteiger partial charge < -0.3 is 14.6 Å². The highest BCUT2D eigenvalue weighted by Crippen LogP contribution is 2.31. The van der Waals surface area contributed by atoms with E-state index in [2.05, 4.69) is 32.6 Å². The molecule has 2 aromatic heterocycles. The molecule has 2 heterocycles. The number of nitrogens with one attached hydrogen (secondary N) is 1. The van der Waals surface area contributed by atoms with Crippen molar-refractivity contribution >= 4 is 35.0 Å². The van der Waals surface area contributed by atoms with Crippen LogP contribution in [0.1, 0.15) is 5.56 Å². The van der Waals surface area contributed by atoms with E-state index in [0.29, 0.717) is 29.0 Å². The standard InChI is InChI=1S/C24H22ClN5O2S/c1-32-20-12-6-5-10-18(20)23-28-29-24(30(23)15-13-17-8-3-2-4-9-17)33-16-21(31)27-19-11-7-14-26-22(19)25/h2-12,14H,13,15-16H2,1H3,(H,27,31). The average Bonchev–Trinajstić information content (AvgIpc) is 3.26. The molecular weight excluding hydrogens is 458 g/mol. The molecule has 4 aromatic rings. The number of hydrogen-bond acceptors (Lipinski definition) is 6. The number of nitrogens with zero attached hydrogens (tertiary/aromatic N) is 4. The summed E-state index contributed by atoms with van der Waals surface area (Å²) < 4.78 is 7.56. The van der Waals surface area contributed by atoms with Crippen LogP contribution in [0.15, 0.2) is 78.1 Å². The van der Waals surface area contributed by atoms with Crippen LogP contribution in [0.25, 0.3) is 11.4 Å². The molecule has 0 aliphatic rings. The maximum Gasteiger partial charge on any atom is 0.234 e. The summed E-state index contributed by atoms with van der Waals surface area (Å²) in [6.45, 7) is 0.656. The van der Waals surface area contributed by atoms with Crippen molar-refractivity contribution in [3.05, 3.63) is 83.6 Å². The Hall–Kier alpha value is -3.36. The van der Waals surface area contributed by atoms with Crippen LogP contribution in [-0.4, -0.2) is 38.5 Å². The molecule has 168 valence electrons. The molecule has 0 unspecified atom stereocenters. The van der Waals surface area contributed by atoms with Gasteiger partial charge in [-0.15, -0.1) is 10.2 Å². The Kier molecular flexibility index (Phi) is 7.59. The number of aryl methyl sites for hydroxylation is 1. The van der Waals surface area contributed by atoms with E-state index >= 15 is 0 Å². The molecule has 4 rings (SSSR count). The molecule has 0 bridgehead atoms. The molecule has 1 N–H and O–H groups in total. The second-order valence-corrected chi connectivity index (χ2v) is 8.37. The largest absolute Gasteiger partial charge is 0.496 e. The van der Waals surface area contributed by atoms with Crippen molar-refractivity contribution in [2.24, 2.45) is 0 Å². The summed E-state index contributed by atoms with van der Waals surface area (Å²) in [5, 5.41) is 12.5. The Bertz CT molecular complexity index is 1230.